The zero-order chi connectivity index (χ0) is 20.0. The quantitative estimate of drug-likeness (QED) is 0.383. The Morgan fingerprint density at radius 2 is 1.61 bits per heavy atom. The second kappa shape index (κ2) is 9.23. The summed E-state index contributed by atoms with van der Waals surface area (Å²) in [6.07, 6.45) is 1.42. The lowest BCUT2D eigenvalue weighted by atomic mass is 10.2. The van der Waals surface area contributed by atoms with Crippen molar-refractivity contribution in [3.63, 3.8) is 0 Å². The SMILES string of the molecule is O=S(=O)(NN=Cc1ccc(OCc2ccc(Br)cc2)cc1)c1ccc(Cl)cc1. The summed E-state index contributed by atoms with van der Waals surface area (Å²) < 4.78 is 31.0. The number of hydrazone groups is 1. The van der Waals surface area contributed by atoms with E-state index in [1.807, 2.05) is 24.3 Å². The van der Waals surface area contributed by atoms with E-state index >= 15 is 0 Å². The normalized spacial score (nSPS) is 11.5. The molecule has 0 aliphatic rings. The first-order valence-electron chi connectivity index (χ1n) is 8.20. The average molecular weight is 480 g/mol. The average Bonchev–Trinajstić information content (AvgIpc) is 2.69. The van der Waals surface area contributed by atoms with Crippen LogP contribution in [0.1, 0.15) is 11.1 Å². The van der Waals surface area contributed by atoms with Crippen molar-refractivity contribution in [3.8, 4) is 5.75 Å². The first-order valence-corrected chi connectivity index (χ1v) is 10.9. The largest absolute Gasteiger partial charge is 0.489 e. The molecule has 0 bridgehead atoms. The molecule has 0 heterocycles. The summed E-state index contributed by atoms with van der Waals surface area (Å²) in [6.45, 7) is 0.460. The number of benzene rings is 3. The summed E-state index contributed by atoms with van der Waals surface area (Å²) in [7, 11) is -3.73. The maximum absolute atomic E-state index is 12.1. The van der Waals surface area contributed by atoms with Gasteiger partial charge in [-0.25, -0.2) is 4.83 Å². The Balaban J connectivity index is 1.56. The number of hydrogen-bond acceptors (Lipinski definition) is 4. The maximum Gasteiger partial charge on any atom is 0.276 e. The van der Waals surface area contributed by atoms with Gasteiger partial charge in [-0.3, -0.25) is 0 Å². The molecule has 0 aromatic heterocycles. The molecule has 5 nitrogen and oxygen atoms in total. The predicted octanol–water partition coefficient (Wildman–Crippen LogP) is 4.99. The molecule has 0 spiro atoms. The molecule has 28 heavy (non-hydrogen) atoms. The van der Waals surface area contributed by atoms with Crippen LogP contribution in [0.25, 0.3) is 0 Å². The van der Waals surface area contributed by atoms with Gasteiger partial charge >= 0.3 is 0 Å². The molecule has 3 rings (SSSR count). The number of hydrogen-bond donors (Lipinski definition) is 1. The highest BCUT2D eigenvalue weighted by molar-refractivity contribution is 9.10. The molecule has 0 unspecified atom stereocenters. The Kier molecular flexibility index (Phi) is 6.72. The second-order valence-corrected chi connectivity index (χ2v) is 8.80. The van der Waals surface area contributed by atoms with Crippen molar-refractivity contribution in [1.29, 1.82) is 0 Å². The molecule has 0 aliphatic heterocycles. The molecule has 0 atom stereocenters. The van der Waals surface area contributed by atoms with E-state index in [9.17, 15) is 8.42 Å². The van der Waals surface area contributed by atoms with Crippen molar-refractivity contribution in [2.24, 2.45) is 5.10 Å². The molecule has 3 aromatic rings. The molecule has 0 saturated heterocycles. The van der Waals surface area contributed by atoms with Gasteiger partial charge in [-0.05, 0) is 71.8 Å². The number of ether oxygens (including phenoxy) is 1. The van der Waals surface area contributed by atoms with Gasteiger partial charge < -0.3 is 4.74 Å². The lowest BCUT2D eigenvalue weighted by Gasteiger charge is -2.07. The van der Waals surface area contributed by atoms with Crippen LogP contribution in [0.2, 0.25) is 5.02 Å². The van der Waals surface area contributed by atoms with Crippen molar-refractivity contribution in [1.82, 2.24) is 4.83 Å². The van der Waals surface area contributed by atoms with E-state index in [4.69, 9.17) is 16.3 Å². The Morgan fingerprint density at radius 3 is 2.25 bits per heavy atom. The molecule has 0 fully saturated rings. The maximum atomic E-state index is 12.1. The summed E-state index contributed by atoms with van der Waals surface area (Å²) in [5.74, 6) is 0.710. The molecule has 0 aliphatic carbocycles. The minimum Gasteiger partial charge on any atom is -0.489 e. The van der Waals surface area contributed by atoms with Gasteiger partial charge in [-0.1, -0.05) is 39.7 Å². The van der Waals surface area contributed by atoms with E-state index in [2.05, 4.69) is 25.9 Å². The highest BCUT2D eigenvalue weighted by Gasteiger charge is 2.11. The van der Waals surface area contributed by atoms with Crippen LogP contribution in [-0.2, 0) is 16.6 Å². The van der Waals surface area contributed by atoms with Gasteiger partial charge in [-0.2, -0.15) is 13.5 Å². The van der Waals surface area contributed by atoms with Gasteiger partial charge in [0.2, 0.25) is 0 Å². The van der Waals surface area contributed by atoms with Crippen molar-refractivity contribution < 1.29 is 13.2 Å². The zero-order valence-electron chi connectivity index (χ0n) is 14.5. The first kappa shape index (κ1) is 20.4. The number of sulfonamides is 1. The summed E-state index contributed by atoms with van der Waals surface area (Å²) in [5, 5.41) is 4.27. The van der Waals surface area contributed by atoms with Gasteiger partial charge in [0.25, 0.3) is 10.0 Å². The summed E-state index contributed by atoms with van der Waals surface area (Å²) >= 11 is 9.16. The van der Waals surface area contributed by atoms with Crippen molar-refractivity contribution >= 4 is 43.8 Å². The van der Waals surface area contributed by atoms with E-state index in [0.29, 0.717) is 17.4 Å². The first-order chi connectivity index (χ1) is 13.4. The van der Waals surface area contributed by atoms with Gasteiger partial charge in [0, 0.05) is 9.50 Å². The fourth-order valence-corrected chi connectivity index (χ4v) is 3.42. The molecule has 0 amide bonds. The van der Waals surface area contributed by atoms with E-state index in [0.717, 1.165) is 15.6 Å². The fraction of sp³-hybridized carbons (Fsp3) is 0.0500. The Labute approximate surface area is 177 Å². The Hall–Kier alpha value is -2.35. The lowest BCUT2D eigenvalue weighted by molar-refractivity contribution is 0.306. The minimum atomic E-state index is -3.73. The van der Waals surface area contributed by atoms with Gasteiger partial charge in [0.15, 0.2) is 0 Å². The van der Waals surface area contributed by atoms with E-state index in [1.165, 1.54) is 30.5 Å². The van der Waals surface area contributed by atoms with Crippen LogP contribution < -0.4 is 9.57 Å². The number of rotatable bonds is 7. The van der Waals surface area contributed by atoms with Gasteiger partial charge in [0.1, 0.15) is 12.4 Å². The van der Waals surface area contributed by atoms with Gasteiger partial charge in [-0.15, -0.1) is 0 Å². The summed E-state index contributed by atoms with van der Waals surface area (Å²) in [4.78, 5) is 2.26. The van der Waals surface area contributed by atoms with Crippen LogP contribution in [0, 0.1) is 0 Å². The third-order valence-corrected chi connectivity index (χ3v) is 5.73. The summed E-state index contributed by atoms with van der Waals surface area (Å²) in [6, 6.07) is 20.9. The summed E-state index contributed by atoms with van der Waals surface area (Å²) in [5.41, 5.74) is 1.79. The van der Waals surface area contributed by atoms with Crippen LogP contribution in [0.15, 0.2) is 87.3 Å². The molecule has 0 saturated carbocycles. The van der Waals surface area contributed by atoms with Gasteiger partial charge in [0.05, 0.1) is 11.1 Å². The van der Waals surface area contributed by atoms with Crippen LogP contribution >= 0.6 is 27.5 Å². The van der Waals surface area contributed by atoms with Crippen LogP contribution in [0.3, 0.4) is 0 Å². The van der Waals surface area contributed by atoms with Crippen LogP contribution in [-0.4, -0.2) is 14.6 Å². The molecule has 0 radical (unpaired) electrons. The minimum absolute atomic E-state index is 0.0886. The number of nitrogens with zero attached hydrogens (tertiary/aromatic N) is 1. The van der Waals surface area contributed by atoms with Crippen molar-refractivity contribution in [2.75, 3.05) is 0 Å². The van der Waals surface area contributed by atoms with Crippen molar-refractivity contribution in [2.45, 2.75) is 11.5 Å². The van der Waals surface area contributed by atoms with Crippen LogP contribution in [0.5, 0.6) is 5.75 Å². The standard InChI is InChI=1S/C20H16BrClN2O3S/c21-17-5-1-16(2-6-17)14-27-19-9-3-15(4-10-19)13-23-24-28(25,26)20-11-7-18(22)8-12-20/h1-13,24H,14H2. The smallest absolute Gasteiger partial charge is 0.276 e. The van der Waals surface area contributed by atoms with Crippen LogP contribution in [0.4, 0.5) is 0 Å². The Bertz CT molecular complexity index is 1050. The molecular formula is C20H16BrClN2O3S. The topological polar surface area (TPSA) is 67.8 Å². The highest BCUT2D eigenvalue weighted by Crippen LogP contribution is 2.16. The zero-order valence-corrected chi connectivity index (χ0v) is 17.7. The monoisotopic (exact) mass is 478 g/mol. The van der Waals surface area contributed by atoms with Crippen molar-refractivity contribution in [3.05, 3.63) is 93.4 Å². The van der Waals surface area contributed by atoms with E-state index in [1.54, 1.807) is 24.3 Å². The highest BCUT2D eigenvalue weighted by atomic mass is 79.9. The number of nitrogens with one attached hydrogen (secondary N) is 1. The fourth-order valence-electron chi connectivity index (χ4n) is 2.23. The molecular weight excluding hydrogens is 464 g/mol. The predicted molar refractivity (Wildman–Crippen MR) is 114 cm³/mol. The van der Waals surface area contributed by atoms with E-state index in [-0.39, 0.29) is 4.90 Å². The Morgan fingerprint density at radius 1 is 0.964 bits per heavy atom. The van der Waals surface area contributed by atoms with E-state index < -0.39 is 10.0 Å². The number of halogens is 2. The molecule has 3 aromatic carbocycles. The third kappa shape index (κ3) is 5.82. The molecule has 8 heteroatoms. The molecule has 144 valence electrons. The second-order valence-electron chi connectivity index (χ2n) is 5.79. The molecule has 1 N–H and O–H groups in total. The third-order valence-electron chi connectivity index (χ3n) is 3.71. The lowest BCUT2D eigenvalue weighted by Crippen LogP contribution is -2.18.